The Hall–Kier alpha value is -2.57. The van der Waals surface area contributed by atoms with Gasteiger partial charge in [-0.2, -0.15) is 0 Å². The summed E-state index contributed by atoms with van der Waals surface area (Å²) in [6.45, 7) is 5.09. The molecule has 1 unspecified atom stereocenters. The molecule has 0 saturated heterocycles. The lowest BCUT2D eigenvalue weighted by Gasteiger charge is -2.07. The Labute approximate surface area is 163 Å². The normalized spacial score (nSPS) is 11.9. The van der Waals surface area contributed by atoms with Gasteiger partial charge in [-0.05, 0) is 42.7 Å². The van der Waals surface area contributed by atoms with Crippen LogP contribution in [0.4, 0.5) is 0 Å². The summed E-state index contributed by atoms with van der Waals surface area (Å²) in [5.74, 6) is -0.0332. The molecule has 27 heavy (non-hydrogen) atoms. The van der Waals surface area contributed by atoms with Crippen molar-refractivity contribution < 1.29 is 9.53 Å². The first kappa shape index (κ1) is 19.2. The van der Waals surface area contributed by atoms with Gasteiger partial charge in [-0.3, -0.25) is 9.78 Å². The molecule has 3 aromatic rings. The van der Waals surface area contributed by atoms with E-state index in [-0.39, 0.29) is 18.4 Å². The molecule has 0 aliphatic heterocycles. The topological polar surface area (TPSA) is 64.1 Å². The second-order valence-electron chi connectivity index (χ2n) is 6.16. The fourth-order valence-electron chi connectivity index (χ4n) is 2.70. The van der Waals surface area contributed by atoms with Crippen molar-refractivity contribution >= 4 is 17.2 Å². The maximum atomic E-state index is 12.2. The van der Waals surface area contributed by atoms with E-state index in [4.69, 9.17) is 4.74 Å². The Morgan fingerprint density at radius 1 is 1.15 bits per heavy atom. The number of benzene rings is 1. The van der Waals surface area contributed by atoms with E-state index >= 15 is 0 Å². The number of carbonyl (C=O) groups excluding carboxylic acids is 1. The zero-order valence-corrected chi connectivity index (χ0v) is 16.3. The zero-order chi connectivity index (χ0) is 19.1. The van der Waals surface area contributed by atoms with E-state index < -0.39 is 0 Å². The van der Waals surface area contributed by atoms with Crippen LogP contribution in [0.1, 0.15) is 36.2 Å². The molecule has 5 nitrogen and oxygen atoms in total. The number of hydrogen-bond donors (Lipinski definition) is 1. The number of nitrogens with one attached hydrogen (secondary N) is 1. The molecular weight excluding hydrogens is 358 g/mol. The average molecular weight is 382 g/mol. The number of pyridine rings is 1. The van der Waals surface area contributed by atoms with Gasteiger partial charge in [0, 0.05) is 30.9 Å². The summed E-state index contributed by atoms with van der Waals surface area (Å²) in [5.41, 5.74) is 4.10. The average Bonchev–Trinajstić information content (AvgIpc) is 3.16. The number of rotatable bonds is 8. The molecule has 0 aliphatic rings. The number of carbonyl (C=O) groups is 1. The van der Waals surface area contributed by atoms with Crippen molar-refractivity contribution in [2.75, 3.05) is 6.61 Å². The third-order valence-electron chi connectivity index (χ3n) is 4.13. The zero-order valence-electron chi connectivity index (χ0n) is 15.5. The van der Waals surface area contributed by atoms with Gasteiger partial charge < -0.3 is 10.1 Å². The van der Waals surface area contributed by atoms with Crippen LogP contribution in [0.15, 0.2) is 54.2 Å². The summed E-state index contributed by atoms with van der Waals surface area (Å²) in [4.78, 5) is 20.7. The second kappa shape index (κ2) is 9.39. The number of hydrogen-bond acceptors (Lipinski definition) is 5. The van der Waals surface area contributed by atoms with Gasteiger partial charge in [0.1, 0.15) is 11.1 Å². The Bertz CT molecular complexity index is 863. The van der Waals surface area contributed by atoms with Crippen LogP contribution in [0.25, 0.3) is 11.1 Å². The second-order valence-corrected chi connectivity index (χ2v) is 7.05. The number of aromatic nitrogens is 2. The molecule has 0 saturated carbocycles. The van der Waals surface area contributed by atoms with Crippen LogP contribution in [0.2, 0.25) is 0 Å². The smallest absolute Gasteiger partial charge is 0.226 e. The standard InChI is InChI=1S/C21H23N3O2S/c1-3-26-15(2)21-24-19(14-27-21)12-20(25)23-13-16-4-6-17(7-5-16)18-8-10-22-11-9-18/h4-11,14-15H,3,12-13H2,1-2H3,(H,23,25). The van der Waals surface area contributed by atoms with Gasteiger partial charge in [0.2, 0.25) is 5.91 Å². The van der Waals surface area contributed by atoms with Crippen LogP contribution >= 0.6 is 11.3 Å². The van der Waals surface area contributed by atoms with E-state index in [0.29, 0.717) is 13.2 Å². The predicted molar refractivity (Wildman–Crippen MR) is 107 cm³/mol. The number of nitrogens with zero attached hydrogens (tertiary/aromatic N) is 2. The van der Waals surface area contributed by atoms with Gasteiger partial charge in [-0.1, -0.05) is 24.3 Å². The van der Waals surface area contributed by atoms with Gasteiger partial charge in [-0.15, -0.1) is 11.3 Å². The molecule has 0 spiro atoms. The molecule has 0 fully saturated rings. The van der Waals surface area contributed by atoms with Crippen molar-refractivity contribution in [3.05, 3.63) is 70.4 Å². The molecule has 0 radical (unpaired) electrons. The quantitative estimate of drug-likeness (QED) is 0.636. The Balaban J connectivity index is 1.50. The molecule has 6 heteroatoms. The fraction of sp³-hybridized carbons (Fsp3) is 0.286. The van der Waals surface area contributed by atoms with E-state index in [1.807, 2.05) is 43.5 Å². The van der Waals surface area contributed by atoms with Gasteiger partial charge in [0.25, 0.3) is 0 Å². The van der Waals surface area contributed by atoms with E-state index in [2.05, 4.69) is 27.4 Å². The van der Waals surface area contributed by atoms with Gasteiger partial charge in [0.15, 0.2) is 0 Å². The lowest BCUT2D eigenvalue weighted by Crippen LogP contribution is -2.24. The SMILES string of the molecule is CCOC(C)c1nc(CC(=O)NCc2ccc(-c3ccncc3)cc2)cs1. The molecule has 3 rings (SSSR count). The molecule has 0 bridgehead atoms. The van der Waals surface area contributed by atoms with Crippen molar-refractivity contribution in [1.82, 2.24) is 15.3 Å². The third kappa shape index (κ3) is 5.45. The maximum Gasteiger partial charge on any atom is 0.226 e. The molecule has 2 aromatic heterocycles. The minimum atomic E-state index is -0.0332. The van der Waals surface area contributed by atoms with Crippen LogP contribution in [-0.2, 0) is 22.5 Å². The van der Waals surface area contributed by atoms with Crippen molar-refractivity contribution in [2.24, 2.45) is 0 Å². The van der Waals surface area contributed by atoms with E-state index in [9.17, 15) is 4.79 Å². The molecule has 1 N–H and O–H groups in total. The predicted octanol–water partition coefficient (Wildman–Crippen LogP) is 4.16. The van der Waals surface area contributed by atoms with Crippen LogP contribution in [-0.4, -0.2) is 22.5 Å². The van der Waals surface area contributed by atoms with E-state index in [1.165, 1.54) is 11.3 Å². The highest BCUT2D eigenvalue weighted by Crippen LogP contribution is 2.21. The molecular formula is C21H23N3O2S. The fourth-order valence-corrected chi connectivity index (χ4v) is 3.52. The Morgan fingerprint density at radius 2 is 1.85 bits per heavy atom. The van der Waals surface area contributed by atoms with Gasteiger partial charge in [-0.25, -0.2) is 4.98 Å². The lowest BCUT2D eigenvalue weighted by molar-refractivity contribution is -0.120. The summed E-state index contributed by atoms with van der Waals surface area (Å²) < 4.78 is 5.54. The van der Waals surface area contributed by atoms with Crippen LogP contribution < -0.4 is 5.32 Å². The van der Waals surface area contributed by atoms with Gasteiger partial charge in [0.05, 0.1) is 12.1 Å². The minimum Gasteiger partial charge on any atom is -0.372 e. The molecule has 1 aromatic carbocycles. The minimum absolute atomic E-state index is 0.0317. The van der Waals surface area contributed by atoms with Crippen molar-refractivity contribution in [3.63, 3.8) is 0 Å². The Kier molecular flexibility index (Phi) is 6.68. The monoisotopic (exact) mass is 381 g/mol. The van der Waals surface area contributed by atoms with E-state index in [0.717, 1.165) is 27.4 Å². The lowest BCUT2D eigenvalue weighted by atomic mass is 10.1. The molecule has 140 valence electrons. The first-order valence-corrected chi connectivity index (χ1v) is 9.85. The number of ether oxygens (including phenoxy) is 1. The first-order valence-electron chi connectivity index (χ1n) is 8.97. The first-order chi connectivity index (χ1) is 13.2. The van der Waals surface area contributed by atoms with Crippen LogP contribution in [0.5, 0.6) is 0 Å². The molecule has 2 heterocycles. The summed E-state index contributed by atoms with van der Waals surface area (Å²) in [5, 5.41) is 5.79. The highest BCUT2D eigenvalue weighted by molar-refractivity contribution is 7.09. The van der Waals surface area contributed by atoms with Crippen molar-refractivity contribution in [3.8, 4) is 11.1 Å². The van der Waals surface area contributed by atoms with Crippen molar-refractivity contribution in [2.45, 2.75) is 32.9 Å². The molecule has 1 atom stereocenters. The maximum absolute atomic E-state index is 12.2. The third-order valence-corrected chi connectivity index (χ3v) is 5.19. The summed E-state index contributed by atoms with van der Waals surface area (Å²) >= 11 is 1.53. The summed E-state index contributed by atoms with van der Waals surface area (Å²) in [6, 6.07) is 12.1. The summed E-state index contributed by atoms with van der Waals surface area (Å²) in [6.07, 6.45) is 3.81. The molecule has 1 amide bonds. The highest BCUT2D eigenvalue weighted by Gasteiger charge is 2.12. The van der Waals surface area contributed by atoms with E-state index in [1.54, 1.807) is 12.4 Å². The number of amides is 1. The van der Waals surface area contributed by atoms with Crippen molar-refractivity contribution in [1.29, 1.82) is 0 Å². The Morgan fingerprint density at radius 3 is 2.56 bits per heavy atom. The largest absolute Gasteiger partial charge is 0.372 e. The molecule has 0 aliphatic carbocycles. The summed E-state index contributed by atoms with van der Waals surface area (Å²) in [7, 11) is 0. The van der Waals surface area contributed by atoms with Crippen LogP contribution in [0, 0.1) is 0 Å². The number of thiazole rings is 1. The highest BCUT2D eigenvalue weighted by atomic mass is 32.1. The van der Waals surface area contributed by atoms with Gasteiger partial charge >= 0.3 is 0 Å². The van der Waals surface area contributed by atoms with Crippen LogP contribution in [0.3, 0.4) is 0 Å².